The Labute approximate surface area is 139 Å². The average molecular weight is 364 g/mol. The van der Waals surface area contributed by atoms with Crippen molar-refractivity contribution in [1.82, 2.24) is 5.32 Å². The first-order chi connectivity index (χ1) is 10.3. The van der Waals surface area contributed by atoms with Crippen LogP contribution in [0.15, 0.2) is 34.1 Å². The third-order valence-corrected chi connectivity index (χ3v) is 5.87. The van der Waals surface area contributed by atoms with E-state index in [0.29, 0.717) is 6.04 Å². The van der Waals surface area contributed by atoms with Crippen LogP contribution >= 0.6 is 27.3 Å². The number of halogens is 1. The Bertz CT molecular complexity index is 605. The maximum absolute atomic E-state index is 3.71. The zero-order valence-electron chi connectivity index (χ0n) is 12.5. The minimum absolute atomic E-state index is 0.327. The summed E-state index contributed by atoms with van der Waals surface area (Å²) in [5.74, 6) is 0. The zero-order chi connectivity index (χ0) is 14.7. The summed E-state index contributed by atoms with van der Waals surface area (Å²) in [7, 11) is 0. The number of nitrogens with one attached hydrogen (secondary N) is 1. The Morgan fingerprint density at radius 3 is 2.67 bits per heavy atom. The van der Waals surface area contributed by atoms with E-state index in [9.17, 15) is 0 Å². The number of rotatable bonds is 5. The topological polar surface area (TPSA) is 12.0 Å². The maximum Gasteiger partial charge on any atom is 0.0702 e. The second-order valence-electron chi connectivity index (χ2n) is 5.76. The molecule has 0 amide bonds. The number of hydrogen-bond acceptors (Lipinski definition) is 2. The van der Waals surface area contributed by atoms with Crippen molar-refractivity contribution in [3.05, 3.63) is 55.7 Å². The van der Waals surface area contributed by atoms with Gasteiger partial charge in [-0.25, -0.2) is 0 Å². The predicted molar refractivity (Wildman–Crippen MR) is 95.2 cm³/mol. The maximum atomic E-state index is 3.71. The first-order valence-electron chi connectivity index (χ1n) is 7.88. The molecule has 1 heterocycles. The minimum atomic E-state index is 0.327. The molecule has 0 radical (unpaired) electrons. The van der Waals surface area contributed by atoms with Crippen LogP contribution in [0.3, 0.4) is 0 Å². The zero-order valence-corrected chi connectivity index (χ0v) is 14.9. The van der Waals surface area contributed by atoms with Crippen molar-refractivity contribution in [2.75, 3.05) is 6.54 Å². The molecular formula is C18H22BrNS. The fraction of sp³-hybridized carbons (Fsp3) is 0.444. The molecule has 1 aliphatic carbocycles. The fourth-order valence-electron chi connectivity index (χ4n) is 3.09. The van der Waals surface area contributed by atoms with E-state index in [2.05, 4.69) is 58.5 Å². The average Bonchev–Trinajstić information content (AvgIpc) is 2.94. The summed E-state index contributed by atoms with van der Waals surface area (Å²) < 4.78 is 1.21. The van der Waals surface area contributed by atoms with Crippen molar-refractivity contribution < 1.29 is 0 Å². The lowest BCUT2D eigenvalue weighted by atomic mass is 9.89. The first-order valence-corrected chi connectivity index (χ1v) is 9.49. The molecule has 1 unspecified atom stereocenters. The van der Waals surface area contributed by atoms with Crippen molar-refractivity contribution in [3.8, 4) is 0 Å². The quantitative estimate of drug-likeness (QED) is 0.741. The molecule has 0 fully saturated rings. The summed E-state index contributed by atoms with van der Waals surface area (Å²) in [5, 5.41) is 3.71. The van der Waals surface area contributed by atoms with E-state index < -0.39 is 0 Å². The highest BCUT2D eigenvalue weighted by atomic mass is 79.9. The molecule has 3 rings (SSSR count). The van der Waals surface area contributed by atoms with Crippen molar-refractivity contribution in [2.45, 2.75) is 45.1 Å². The molecule has 0 spiro atoms. The van der Waals surface area contributed by atoms with Crippen LogP contribution in [-0.4, -0.2) is 6.54 Å². The lowest BCUT2D eigenvalue weighted by molar-refractivity contribution is 0.603. The molecule has 1 N–H and O–H groups in total. The molecule has 1 atom stereocenters. The molecule has 3 heteroatoms. The van der Waals surface area contributed by atoms with Gasteiger partial charge in [-0.2, -0.15) is 0 Å². The van der Waals surface area contributed by atoms with Crippen LogP contribution in [0.2, 0.25) is 0 Å². The second-order valence-corrected chi connectivity index (χ2v) is 8.26. The molecule has 21 heavy (non-hydrogen) atoms. The van der Waals surface area contributed by atoms with Crippen LogP contribution in [-0.2, 0) is 12.8 Å². The van der Waals surface area contributed by atoms with Gasteiger partial charge in [-0.3, -0.25) is 0 Å². The highest BCUT2D eigenvalue weighted by Gasteiger charge is 2.18. The van der Waals surface area contributed by atoms with Crippen LogP contribution < -0.4 is 5.32 Å². The van der Waals surface area contributed by atoms with Crippen molar-refractivity contribution >= 4 is 27.3 Å². The molecule has 0 bridgehead atoms. The van der Waals surface area contributed by atoms with E-state index in [1.807, 2.05) is 11.3 Å². The number of hydrogen-bond donors (Lipinski definition) is 1. The summed E-state index contributed by atoms with van der Waals surface area (Å²) in [4.78, 5) is 1.39. The summed E-state index contributed by atoms with van der Waals surface area (Å²) >= 11 is 5.42. The van der Waals surface area contributed by atoms with Gasteiger partial charge in [0.1, 0.15) is 0 Å². The molecular weight excluding hydrogens is 342 g/mol. The Hall–Kier alpha value is -0.640. The molecule has 1 aromatic heterocycles. The SMILES string of the molecule is CCCNC(c1ccc2c(c1)CCCC2)c1ccc(Br)s1. The van der Waals surface area contributed by atoms with Crippen molar-refractivity contribution in [2.24, 2.45) is 0 Å². The van der Waals surface area contributed by atoms with Crippen molar-refractivity contribution in [1.29, 1.82) is 0 Å². The van der Waals surface area contributed by atoms with Crippen molar-refractivity contribution in [3.63, 3.8) is 0 Å². The van der Waals surface area contributed by atoms with E-state index in [1.165, 1.54) is 39.9 Å². The largest absolute Gasteiger partial charge is 0.306 e. The van der Waals surface area contributed by atoms with Gasteiger partial charge >= 0.3 is 0 Å². The number of thiophene rings is 1. The van der Waals surface area contributed by atoms with Crippen LogP contribution in [0.25, 0.3) is 0 Å². The molecule has 1 aromatic carbocycles. The standard InChI is InChI=1S/C18H22BrNS/c1-2-11-20-18(16-9-10-17(19)21-16)15-8-7-13-5-3-4-6-14(13)12-15/h7-10,12,18,20H,2-6,11H2,1H3. The van der Waals surface area contributed by atoms with Crippen LogP contribution in [0.5, 0.6) is 0 Å². The van der Waals surface area contributed by atoms with E-state index in [1.54, 1.807) is 11.1 Å². The lowest BCUT2D eigenvalue weighted by Crippen LogP contribution is -2.22. The van der Waals surface area contributed by atoms with Crippen LogP contribution in [0.1, 0.15) is 53.8 Å². The van der Waals surface area contributed by atoms with Gasteiger partial charge in [-0.05, 0) is 83.4 Å². The van der Waals surface area contributed by atoms with Gasteiger partial charge < -0.3 is 5.32 Å². The Morgan fingerprint density at radius 1 is 1.14 bits per heavy atom. The van der Waals surface area contributed by atoms with E-state index >= 15 is 0 Å². The van der Waals surface area contributed by atoms with E-state index in [-0.39, 0.29) is 0 Å². The van der Waals surface area contributed by atoms with Crippen LogP contribution in [0, 0.1) is 0 Å². The minimum Gasteiger partial charge on any atom is -0.306 e. The summed E-state index contributed by atoms with van der Waals surface area (Å²) in [5.41, 5.74) is 4.54. The molecule has 0 saturated carbocycles. The first kappa shape index (κ1) is 15.3. The molecule has 0 aliphatic heterocycles. The Kier molecular flexibility index (Phi) is 5.15. The van der Waals surface area contributed by atoms with Gasteiger partial charge in [0.05, 0.1) is 9.83 Å². The third-order valence-electron chi connectivity index (χ3n) is 4.18. The summed E-state index contributed by atoms with van der Waals surface area (Å²) in [6, 6.07) is 11.8. The van der Waals surface area contributed by atoms with E-state index in [4.69, 9.17) is 0 Å². The highest BCUT2D eigenvalue weighted by molar-refractivity contribution is 9.11. The normalized spacial score (nSPS) is 15.7. The Morgan fingerprint density at radius 2 is 1.95 bits per heavy atom. The van der Waals surface area contributed by atoms with Gasteiger partial charge in [-0.1, -0.05) is 25.1 Å². The van der Waals surface area contributed by atoms with Gasteiger partial charge in [0.15, 0.2) is 0 Å². The third kappa shape index (κ3) is 3.58. The van der Waals surface area contributed by atoms with Gasteiger partial charge in [0.2, 0.25) is 0 Å². The molecule has 2 aromatic rings. The molecule has 0 saturated heterocycles. The fourth-order valence-corrected chi connectivity index (χ4v) is 4.62. The molecule has 1 nitrogen and oxygen atoms in total. The smallest absolute Gasteiger partial charge is 0.0702 e. The van der Waals surface area contributed by atoms with Gasteiger partial charge in [-0.15, -0.1) is 11.3 Å². The lowest BCUT2D eigenvalue weighted by Gasteiger charge is -2.22. The van der Waals surface area contributed by atoms with Gasteiger partial charge in [0.25, 0.3) is 0 Å². The predicted octanol–water partition coefficient (Wildman–Crippen LogP) is 5.48. The number of benzene rings is 1. The van der Waals surface area contributed by atoms with E-state index in [0.717, 1.165) is 13.0 Å². The monoisotopic (exact) mass is 363 g/mol. The van der Waals surface area contributed by atoms with Crippen LogP contribution in [0.4, 0.5) is 0 Å². The number of fused-ring (bicyclic) bond motifs is 1. The second kappa shape index (κ2) is 7.08. The summed E-state index contributed by atoms with van der Waals surface area (Å²) in [6.45, 7) is 3.28. The Balaban J connectivity index is 1.92. The molecule has 1 aliphatic rings. The molecule has 112 valence electrons. The highest BCUT2D eigenvalue weighted by Crippen LogP contribution is 2.33. The summed E-state index contributed by atoms with van der Waals surface area (Å²) in [6.07, 6.45) is 6.36. The number of aryl methyl sites for hydroxylation is 2. The van der Waals surface area contributed by atoms with Gasteiger partial charge in [0, 0.05) is 4.88 Å².